The predicted octanol–water partition coefficient (Wildman–Crippen LogP) is 2.19. The first-order valence-corrected chi connectivity index (χ1v) is 4.87. The lowest BCUT2D eigenvalue weighted by molar-refractivity contribution is 0.870. The largest absolute Gasteiger partial charge is 0.269 e. The quantitative estimate of drug-likeness (QED) is 0.739. The molecule has 1 aromatic carbocycles. The molecule has 0 saturated carbocycles. The van der Waals surface area contributed by atoms with Gasteiger partial charge in [0.2, 0.25) is 0 Å². The normalized spacial score (nSPS) is 10.3. The zero-order valence-electron chi connectivity index (χ0n) is 8.14. The topological polar surface area (TPSA) is 34.9 Å². The minimum atomic E-state index is -0.129. The summed E-state index contributed by atoms with van der Waals surface area (Å²) in [4.78, 5) is 15.7. The lowest BCUT2D eigenvalue weighted by atomic mass is 10.3. The molecule has 0 aliphatic rings. The first-order valence-electron chi connectivity index (χ1n) is 4.50. The third kappa shape index (κ3) is 1.78. The van der Waals surface area contributed by atoms with E-state index in [0.717, 1.165) is 0 Å². The molecule has 0 amide bonds. The van der Waals surface area contributed by atoms with E-state index in [1.807, 2.05) is 12.1 Å². The molecular formula is C11H9ClN2O. The van der Waals surface area contributed by atoms with Gasteiger partial charge in [-0.15, -0.1) is 0 Å². The van der Waals surface area contributed by atoms with Gasteiger partial charge in [0.15, 0.2) is 0 Å². The SMILES string of the molecule is Cc1nccc(=O)n1-c1ccccc1Cl. The lowest BCUT2D eigenvalue weighted by Crippen LogP contribution is -2.20. The molecule has 76 valence electrons. The van der Waals surface area contributed by atoms with Crippen LogP contribution < -0.4 is 5.56 Å². The van der Waals surface area contributed by atoms with Gasteiger partial charge < -0.3 is 0 Å². The van der Waals surface area contributed by atoms with Crippen LogP contribution in [0.15, 0.2) is 41.3 Å². The number of halogens is 1. The molecule has 2 aromatic rings. The minimum absolute atomic E-state index is 0.129. The molecule has 0 unspecified atom stereocenters. The summed E-state index contributed by atoms with van der Waals surface area (Å²) in [7, 11) is 0. The maximum absolute atomic E-state index is 11.7. The summed E-state index contributed by atoms with van der Waals surface area (Å²) in [6.07, 6.45) is 1.49. The second-order valence-corrected chi connectivity index (χ2v) is 3.52. The fraction of sp³-hybridized carbons (Fsp3) is 0.0909. The fourth-order valence-corrected chi connectivity index (χ4v) is 1.65. The van der Waals surface area contributed by atoms with Gasteiger partial charge >= 0.3 is 0 Å². The van der Waals surface area contributed by atoms with Crippen LogP contribution in [0.25, 0.3) is 5.69 Å². The summed E-state index contributed by atoms with van der Waals surface area (Å²) in [6, 6.07) is 8.60. The van der Waals surface area contributed by atoms with E-state index in [0.29, 0.717) is 16.5 Å². The zero-order chi connectivity index (χ0) is 10.8. The van der Waals surface area contributed by atoms with E-state index in [9.17, 15) is 4.79 Å². The monoisotopic (exact) mass is 220 g/mol. The van der Waals surface area contributed by atoms with Crippen LogP contribution in [0.4, 0.5) is 0 Å². The van der Waals surface area contributed by atoms with Gasteiger partial charge in [0.1, 0.15) is 5.82 Å². The average Bonchev–Trinajstić information content (AvgIpc) is 2.20. The van der Waals surface area contributed by atoms with Gasteiger partial charge in [-0.2, -0.15) is 0 Å². The highest BCUT2D eigenvalue weighted by Crippen LogP contribution is 2.18. The van der Waals surface area contributed by atoms with Crippen molar-refractivity contribution in [1.82, 2.24) is 9.55 Å². The van der Waals surface area contributed by atoms with Gasteiger partial charge in [-0.3, -0.25) is 9.36 Å². The van der Waals surface area contributed by atoms with Crippen LogP contribution in [0.1, 0.15) is 5.82 Å². The Bertz CT molecular complexity index is 548. The van der Waals surface area contributed by atoms with Crippen molar-refractivity contribution in [2.24, 2.45) is 0 Å². The van der Waals surface area contributed by atoms with Crippen molar-refractivity contribution in [3.8, 4) is 5.69 Å². The summed E-state index contributed by atoms with van der Waals surface area (Å²) in [5, 5.41) is 0.538. The van der Waals surface area contributed by atoms with Crippen LogP contribution in [0.2, 0.25) is 5.02 Å². The number of hydrogen-bond acceptors (Lipinski definition) is 2. The summed E-state index contributed by atoms with van der Waals surface area (Å²) in [6.45, 7) is 1.77. The molecule has 1 aromatic heterocycles. The third-order valence-electron chi connectivity index (χ3n) is 2.12. The molecule has 0 aliphatic carbocycles. The third-order valence-corrected chi connectivity index (χ3v) is 2.44. The van der Waals surface area contributed by atoms with Crippen LogP contribution in [0.3, 0.4) is 0 Å². The van der Waals surface area contributed by atoms with Gasteiger partial charge in [-0.25, -0.2) is 4.98 Å². The molecule has 0 aliphatic heterocycles. The van der Waals surface area contributed by atoms with Gasteiger partial charge in [-0.05, 0) is 19.1 Å². The molecule has 3 nitrogen and oxygen atoms in total. The Labute approximate surface area is 92.0 Å². The molecule has 0 radical (unpaired) electrons. The Morgan fingerprint density at radius 3 is 2.67 bits per heavy atom. The van der Waals surface area contributed by atoms with Crippen molar-refractivity contribution < 1.29 is 0 Å². The number of rotatable bonds is 1. The van der Waals surface area contributed by atoms with Crippen molar-refractivity contribution in [2.45, 2.75) is 6.92 Å². The highest BCUT2D eigenvalue weighted by atomic mass is 35.5. The van der Waals surface area contributed by atoms with E-state index < -0.39 is 0 Å². The molecule has 4 heteroatoms. The Morgan fingerprint density at radius 1 is 1.27 bits per heavy atom. The Hall–Kier alpha value is -1.61. The predicted molar refractivity (Wildman–Crippen MR) is 59.6 cm³/mol. The van der Waals surface area contributed by atoms with Crippen LogP contribution in [0.5, 0.6) is 0 Å². The molecule has 0 N–H and O–H groups in total. The first-order chi connectivity index (χ1) is 7.20. The van der Waals surface area contributed by atoms with E-state index in [1.54, 1.807) is 19.1 Å². The number of para-hydroxylation sites is 1. The average molecular weight is 221 g/mol. The van der Waals surface area contributed by atoms with Crippen molar-refractivity contribution in [3.63, 3.8) is 0 Å². The Balaban J connectivity index is 2.75. The van der Waals surface area contributed by atoms with Crippen molar-refractivity contribution in [3.05, 3.63) is 57.7 Å². The van der Waals surface area contributed by atoms with Crippen molar-refractivity contribution in [1.29, 1.82) is 0 Å². The minimum Gasteiger partial charge on any atom is -0.269 e. The summed E-state index contributed by atoms with van der Waals surface area (Å²) in [5.74, 6) is 0.621. The smallest absolute Gasteiger partial charge is 0.258 e. The standard InChI is InChI=1S/C11H9ClN2O/c1-8-13-7-6-11(15)14(8)10-5-3-2-4-9(10)12/h2-7H,1H3. The Kier molecular flexibility index (Phi) is 2.56. The molecule has 0 saturated heterocycles. The fourth-order valence-electron chi connectivity index (χ4n) is 1.43. The van der Waals surface area contributed by atoms with Crippen LogP contribution in [-0.2, 0) is 0 Å². The summed E-state index contributed by atoms with van der Waals surface area (Å²) < 4.78 is 1.49. The number of aromatic nitrogens is 2. The van der Waals surface area contributed by atoms with Crippen LogP contribution in [-0.4, -0.2) is 9.55 Å². The van der Waals surface area contributed by atoms with E-state index >= 15 is 0 Å². The summed E-state index contributed by atoms with van der Waals surface area (Å²) >= 11 is 6.02. The van der Waals surface area contributed by atoms with E-state index in [4.69, 9.17) is 11.6 Å². The van der Waals surface area contributed by atoms with Gasteiger partial charge in [-0.1, -0.05) is 23.7 Å². The van der Waals surface area contributed by atoms with Crippen LogP contribution >= 0.6 is 11.6 Å². The number of nitrogens with zero attached hydrogens (tertiary/aromatic N) is 2. The second-order valence-electron chi connectivity index (χ2n) is 3.12. The number of aryl methyl sites for hydroxylation is 1. The van der Waals surface area contributed by atoms with E-state index in [-0.39, 0.29) is 5.56 Å². The summed E-state index contributed by atoms with van der Waals surface area (Å²) in [5.41, 5.74) is 0.533. The molecular weight excluding hydrogens is 212 g/mol. The van der Waals surface area contributed by atoms with Gasteiger partial charge in [0, 0.05) is 12.3 Å². The maximum atomic E-state index is 11.7. The van der Waals surface area contributed by atoms with E-state index in [1.165, 1.54) is 16.8 Å². The highest BCUT2D eigenvalue weighted by Gasteiger charge is 2.06. The molecule has 1 heterocycles. The lowest BCUT2D eigenvalue weighted by Gasteiger charge is -2.09. The molecule has 0 atom stereocenters. The maximum Gasteiger partial charge on any atom is 0.258 e. The second kappa shape index (κ2) is 3.87. The Morgan fingerprint density at radius 2 is 2.00 bits per heavy atom. The molecule has 15 heavy (non-hydrogen) atoms. The highest BCUT2D eigenvalue weighted by molar-refractivity contribution is 6.32. The molecule has 0 spiro atoms. The number of hydrogen-bond donors (Lipinski definition) is 0. The number of benzene rings is 1. The van der Waals surface area contributed by atoms with Gasteiger partial charge in [0.25, 0.3) is 5.56 Å². The van der Waals surface area contributed by atoms with Gasteiger partial charge in [0.05, 0.1) is 10.7 Å². The molecule has 2 rings (SSSR count). The molecule has 0 bridgehead atoms. The molecule has 0 fully saturated rings. The zero-order valence-corrected chi connectivity index (χ0v) is 8.90. The van der Waals surface area contributed by atoms with E-state index in [2.05, 4.69) is 4.98 Å². The van der Waals surface area contributed by atoms with Crippen molar-refractivity contribution >= 4 is 11.6 Å². The first kappa shape index (κ1) is 9.93. The van der Waals surface area contributed by atoms with Crippen molar-refractivity contribution in [2.75, 3.05) is 0 Å². The van der Waals surface area contributed by atoms with Crippen LogP contribution in [0, 0.1) is 6.92 Å².